The van der Waals surface area contributed by atoms with Crippen LogP contribution < -0.4 is 0 Å². The third kappa shape index (κ3) is 32.2. The minimum absolute atomic E-state index is 0.908. The van der Waals surface area contributed by atoms with Gasteiger partial charge >= 0.3 is 0 Å². The molecule has 0 aromatic carbocycles. The molecule has 12 unspecified atom stereocenters. The maximum absolute atomic E-state index is 2.44. The molecule has 584 valence electrons. The van der Waals surface area contributed by atoms with Gasteiger partial charge in [-0.3, -0.25) is 0 Å². The predicted molar refractivity (Wildman–Crippen MR) is 446 cm³/mol. The maximum Gasteiger partial charge on any atom is -0.0334 e. The van der Waals surface area contributed by atoms with Gasteiger partial charge < -0.3 is 0 Å². The summed E-state index contributed by atoms with van der Waals surface area (Å²) in [5.74, 6) is 35.6. The second kappa shape index (κ2) is 46.9. The summed E-state index contributed by atoms with van der Waals surface area (Å²) < 4.78 is 0. The van der Waals surface area contributed by atoms with Gasteiger partial charge in [0.1, 0.15) is 0 Å². The highest BCUT2D eigenvalue weighted by atomic mass is 14.5. The molecule has 4 bridgehead atoms. The van der Waals surface area contributed by atoms with Crippen LogP contribution in [0, 0.1) is 213 Å². The van der Waals surface area contributed by atoms with Crippen LogP contribution in [0.2, 0.25) is 0 Å². The molecule has 0 spiro atoms. The molecule has 0 aromatic rings. The molecular formula is C98H192. The van der Waals surface area contributed by atoms with Crippen LogP contribution in [0.1, 0.15) is 414 Å². The van der Waals surface area contributed by atoms with Crippen molar-refractivity contribution in [3.05, 3.63) is 0 Å². The second-order valence-corrected chi connectivity index (χ2v) is 43.1. The Labute approximate surface area is 623 Å². The van der Waals surface area contributed by atoms with E-state index >= 15 is 0 Å². The summed E-state index contributed by atoms with van der Waals surface area (Å²) in [4.78, 5) is 0. The van der Waals surface area contributed by atoms with Gasteiger partial charge in [0.15, 0.2) is 0 Å². The Balaban J connectivity index is 0.000000292. The smallest absolute Gasteiger partial charge is 0.0334 e. The first-order valence-corrected chi connectivity index (χ1v) is 45.8. The molecule has 0 radical (unpaired) electrons. The molecule has 0 saturated heterocycles. The summed E-state index contributed by atoms with van der Waals surface area (Å²) in [5, 5.41) is 0. The number of rotatable bonds is 16. The first-order valence-electron chi connectivity index (χ1n) is 45.8. The zero-order chi connectivity index (χ0) is 74.0. The third-order valence-corrected chi connectivity index (χ3v) is 31.4. The van der Waals surface area contributed by atoms with E-state index in [4.69, 9.17) is 0 Å². The molecule has 10 saturated carbocycles. The van der Waals surface area contributed by atoms with E-state index in [2.05, 4.69) is 222 Å². The molecule has 10 rings (SSSR count). The first kappa shape index (κ1) is 92.2. The van der Waals surface area contributed by atoms with Crippen molar-refractivity contribution in [1.82, 2.24) is 0 Å². The van der Waals surface area contributed by atoms with Crippen LogP contribution in [0.4, 0.5) is 0 Å². The van der Waals surface area contributed by atoms with Crippen molar-refractivity contribution in [2.75, 3.05) is 0 Å². The quantitative estimate of drug-likeness (QED) is 0.135. The van der Waals surface area contributed by atoms with Gasteiger partial charge in [-0.2, -0.15) is 0 Å². The molecule has 0 N–H and O–H groups in total. The Morgan fingerprint density at radius 2 is 0.316 bits per heavy atom. The van der Waals surface area contributed by atoms with Gasteiger partial charge in [-0.15, -0.1) is 0 Å². The molecule has 0 heteroatoms. The Morgan fingerprint density at radius 1 is 0.133 bits per heavy atom. The lowest BCUT2D eigenvalue weighted by molar-refractivity contribution is 0.102. The lowest BCUT2D eigenvalue weighted by Gasteiger charge is -2.40. The van der Waals surface area contributed by atoms with E-state index < -0.39 is 0 Å². The largest absolute Gasteiger partial charge is 0.0625 e. The van der Waals surface area contributed by atoms with Crippen LogP contribution in [-0.2, 0) is 0 Å². The molecule has 0 aromatic heterocycles. The van der Waals surface area contributed by atoms with Gasteiger partial charge in [-0.1, -0.05) is 260 Å². The number of hydrogen-bond acceptors (Lipinski definition) is 0. The van der Waals surface area contributed by atoms with Crippen molar-refractivity contribution in [3.63, 3.8) is 0 Å². The highest BCUT2D eigenvalue weighted by Crippen LogP contribution is 2.57. The molecule has 12 atom stereocenters. The lowest BCUT2D eigenvalue weighted by atomic mass is 9.65. The summed E-state index contributed by atoms with van der Waals surface area (Å²) in [5.41, 5.74) is 0. The Hall–Kier alpha value is 0. The van der Waals surface area contributed by atoms with Crippen molar-refractivity contribution >= 4 is 0 Å². The zero-order valence-electron chi connectivity index (χ0n) is 74.0. The lowest BCUT2D eigenvalue weighted by Crippen LogP contribution is -2.31. The average molecular weight is 1370 g/mol. The molecule has 0 amide bonds. The van der Waals surface area contributed by atoms with Gasteiger partial charge in [0.25, 0.3) is 0 Å². The van der Waals surface area contributed by atoms with Crippen molar-refractivity contribution in [2.24, 2.45) is 213 Å². The molecule has 10 fully saturated rings. The SMILES string of the molecule is CC(C)C1CC(C(C)C)C1.CC(C)C1CC2CC1CC2C(C)C.CC(C)C1CC2CCC(C1)C2C(C)C.CC(C)C1CCC(C(C)C)C1.CC(C)C1CCC(C(C)C)CC1.CC(C)C1CCC(C(C)C)CC1.CC(C)C1CCCC(C(C)C)CC1.CC(C)C1CCCC(C(C)C)CC1. The fourth-order valence-electron chi connectivity index (χ4n) is 22.7. The van der Waals surface area contributed by atoms with E-state index in [0.29, 0.717) is 0 Å². The van der Waals surface area contributed by atoms with Crippen LogP contribution in [0.15, 0.2) is 0 Å². The Kier molecular flexibility index (Phi) is 44.2. The predicted octanol–water partition coefficient (Wildman–Crippen LogP) is 32.6. The Bertz CT molecular complexity index is 1720. The second-order valence-electron chi connectivity index (χ2n) is 43.1. The highest BCUT2D eigenvalue weighted by molar-refractivity contribution is 4.97. The van der Waals surface area contributed by atoms with Crippen molar-refractivity contribution in [2.45, 2.75) is 414 Å². The molecule has 98 heavy (non-hydrogen) atoms. The molecule has 10 aliphatic carbocycles. The van der Waals surface area contributed by atoms with E-state index in [1.54, 1.807) is 19.3 Å². The van der Waals surface area contributed by atoms with Gasteiger partial charge in [0.2, 0.25) is 0 Å². The number of fused-ring (bicyclic) bond motifs is 4. The molecule has 10 aliphatic rings. The van der Waals surface area contributed by atoms with Crippen LogP contribution in [0.25, 0.3) is 0 Å². The van der Waals surface area contributed by atoms with E-state index in [-0.39, 0.29) is 0 Å². The molecular weight excluding hydrogens is 1180 g/mol. The summed E-state index contributed by atoms with van der Waals surface area (Å²) in [6, 6.07) is 0. The minimum atomic E-state index is 0.908. The summed E-state index contributed by atoms with van der Waals surface area (Å²) in [6.07, 6.45) is 45.0. The van der Waals surface area contributed by atoms with Crippen LogP contribution in [-0.4, -0.2) is 0 Å². The minimum Gasteiger partial charge on any atom is -0.0625 e. The van der Waals surface area contributed by atoms with E-state index in [0.717, 1.165) is 213 Å². The van der Waals surface area contributed by atoms with Crippen LogP contribution in [0.5, 0.6) is 0 Å². The molecule has 0 heterocycles. The fraction of sp³-hybridized carbons (Fsp3) is 1.00. The third-order valence-electron chi connectivity index (χ3n) is 31.4. The van der Waals surface area contributed by atoms with Gasteiger partial charge in [-0.05, 0) is 367 Å². The van der Waals surface area contributed by atoms with Crippen LogP contribution in [0.3, 0.4) is 0 Å². The Morgan fingerprint density at radius 3 is 0.490 bits per heavy atom. The number of hydrogen-bond donors (Lipinski definition) is 0. The van der Waals surface area contributed by atoms with Crippen molar-refractivity contribution in [1.29, 1.82) is 0 Å². The average Bonchev–Trinajstić information content (AvgIpc) is 1.64. The van der Waals surface area contributed by atoms with Crippen molar-refractivity contribution in [3.8, 4) is 0 Å². The van der Waals surface area contributed by atoms with Crippen molar-refractivity contribution < 1.29 is 0 Å². The summed E-state index contributed by atoms with van der Waals surface area (Å²) in [6.45, 7) is 76.3. The van der Waals surface area contributed by atoms with E-state index in [1.807, 2.05) is 0 Å². The highest BCUT2D eigenvalue weighted by Gasteiger charge is 2.47. The zero-order valence-corrected chi connectivity index (χ0v) is 74.0. The van der Waals surface area contributed by atoms with Gasteiger partial charge in [-0.25, -0.2) is 0 Å². The summed E-state index contributed by atoms with van der Waals surface area (Å²) >= 11 is 0. The van der Waals surface area contributed by atoms with E-state index in [9.17, 15) is 0 Å². The first-order chi connectivity index (χ1) is 45.8. The normalized spacial score (nSPS) is 34.8. The topological polar surface area (TPSA) is 0 Å². The maximum atomic E-state index is 2.44. The van der Waals surface area contributed by atoms with E-state index in [1.165, 1.54) is 173 Å². The fourth-order valence-corrected chi connectivity index (χ4v) is 22.7. The molecule has 0 nitrogen and oxygen atoms in total. The standard InChI is InChI=1S/C14H26.C13H24.2C13H26.2C12H24.C11H22.C10H20/c1-9(2)13-7-11-5-6-12(8-13)14(11)10(3)4;1-8(2)12-6-11-5-10(12)7-13(11)9(3)4;2*1-10(2)12-6-5-7-13(9-8-12)11(3)4;2*1-9(2)11-5-7-12(8-6-11)10(3)4;1-8(2)10-5-6-11(7-10)9(3)4;1-7(2)9-5-10(6-9)8(3)4/h9-14H,5-8H2,1-4H3;8-13H,5-7H2,1-4H3;2*10-13H,5-9H2,1-4H3;2*9-12H,5-8H2,1-4H3;8-11H,5-7H2,1-4H3;7-10H,5-6H2,1-4H3. The summed E-state index contributed by atoms with van der Waals surface area (Å²) in [7, 11) is 0. The van der Waals surface area contributed by atoms with Gasteiger partial charge in [0, 0.05) is 0 Å². The molecule has 0 aliphatic heterocycles. The monoisotopic (exact) mass is 1370 g/mol. The van der Waals surface area contributed by atoms with Crippen LogP contribution >= 0.6 is 0 Å². The van der Waals surface area contributed by atoms with Gasteiger partial charge in [0.05, 0.1) is 0 Å².